The van der Waals surface area contributed by atoms with E-state index in [1.54, 1.807) is 0 Å². The Hall–Kier alpha value is -0.830. The summed E-state index contributed by atoms with van der Waals surface area (Å²) >= 11 is 0. The van der Waals surface area contributed by atoms with Crippen LogP contribution in [-0.4, -0.2) is 16.3 Å². The lowest BCUT2D eigenvalue weighted by Gasteiger charge is -2.19. The number of aromatic nitrogens is 2. The molecule has 0 saturated heterocycles. The molecule has 0 amide bonds. The summed E-state index contributed by atoms with van der Waals surface area (Å²) in [6.07, 6.45) is 5.64. The maximum atomic E-state index is 4.95. The van der Waals surface area contributed by atoms with Crippen LogP contribution in [0.3, 0.4) is 0 Å². The van der Waals surface area contributed by atoms with Crippen molar-refractivity contribution in [2.75, 3.05) is 6.54 Å². The van der Waals surface area contributed by atoms with Crippen LogP contribution >= 0.6 is 0 Å². The molecule has 0 bridgehead atoms. The highest BCUT2D eigenvalue weighted by molar-refractivity contribution is 5.31. The molecule has 116 valence electrons. The molecule has 1 heterocycles. The van der Waals surface area contributed by atoms with Crippen LogP contribution in [-0.2, 0) is 12.8 Å². The van der Waals surface area contributed by atoms with Crippen molar-refractivity contribution in [1.29, 1.82) is 0 Å². The molecule has 0 saturated carbocycles. The van der Waals surface area contributed by atoms with E-state index in [0.717, 1.165) is 25.8 Å². The van der Waals surface area contributed by atoms with Crippen molar-refractivity contribution in [3.05, 3.63) is 17.0 Å². The normalized spacial score (nSPS) is 14.5. The summed E-state index contributed by atoms with van der Waals surface area (Å²) in [6, 6.07) is 0.959. The van der Waals surface area contributed by atoms with Gasteiger partial charge in [-0.3, -0.25) is 4.68 Å². The highest BCUT2D eigenvalue weighted by atomic mass is 15.3. The number of nitrogens with zero attached hydrogens (tertiary/aromatic N) is 2. The molecule has 1 rings (SSSR count). The second-order valence-corrected chi connectivity index (χ2v) is 5.61. The molecule has 1 aromatic rings. The van der Waals surface area contributed by atoms with Crippen LogP contribution in [0.25, 0.3) is 0 Å². The Kier molecular flexibility index (Phi) is 7.28. The van der Waals surface area contributed by atoms with E-state index in [4.69, 9.17) is 5.10 Å². The van der Waals surface area contributed by atoms with E-state index in [-0.39, 0.29) is 0 Å². The largest absolute Gasteiger partial charge is 0.310 e. The van der Waals surface area contributed by atoms with Gasteiger partial charge in [0, 0.05) is 23.3 Å². The van der Waals surface area contributed by atoms with Gasteiger partial charge in [-0.15, -0.1) is 0 Å². The molecule has 2 atom stereocenters. The minimum atomic E-state index is 0.451. The standard InChI is InChI=1S/C17H33N3/c1-7-12-13(6)20-16(10-4)17(15(9-3)19-20)14(8-2)18-11-5/h13-14,18H,7-12H2,1-6H3. The maximum absolute atomic E-state index is 4.95. The van der Waals surface area contributed by atoms with E-state index in [1.165, 1.54) is 29.8 Å². The van der Waals surface area contributed by atoms with Crippen LogP contribution in [0.15, 0.2) is 0 Å². The third-order valence-electron chi connectivity index (χ3n) is 4.13. The Balaban J connectivity index is 3.26. The summed E-state index contributed by atoms with van der Waals surface area (Å²) in [6.45, 7) is 14.5. The second kappa shape index (κ2) is 8.46. The second-order valence-electron chi connectivity index (χ2n) is 5.61. The molecule has 0 aliphatic heterocycles. The molecule has 20 heavy (non-hydrogen) atoms. The van der Waals surface area contributed by atoms with Crippen molar-refractivity contribution in [3.8, 4) is 0 Å². The first-order valence-electron chi connectivity index (χ1n) is 8.47. The zero-order chi connectivity index (χ0) is 15.1. The Labute approximate surface area is 125 Å². The predicted molar refractivity (Wildman–Crippen MR) is 87.3 cm³/mol. The molecule has 3 heteroatoms. The van der Waals surface area contributed by atoms with E-state index in [9.17, 15) is 0 Å². The van der Waals surface area contributed by atoms with Crippen LogP contribution in [0.5, 0.6) is 0 Å². The lowest BCUT2D eigenvalue weighted by molar-refractivity contribution is 0.436. The van der Waals surface area contributed by atoms with Crippen molar-refractivity contribution in [2.45, 2.75) is 85.7 Å². The highest BCUT2D eigenvalue weighted by Gasteiger charge is 2.23. The molecule has 0 radical (unpaired) electrons. The van der Waals surface area contributed by atoms with Crippen molar-refractivity contribution in [1.82, 2.24) is 15.1 Å². The first kappa shape index (κ1) is 17.2. The first-order chi connectivity index (χ1) is 9.64. The van der Waals surface area contributed by atoms with E-state index in [0.29, 0.717) is 12.1 Å². The van der Waals surface area contributed by atoms with Gasteiger partial charge in [-0.1, -0.05) is 41.0 Å². The van der Waals surface area contributed by atoms with Crippen LogP contribution in [0.4, 0.5) is 0 Å². The van der Waals surface area contributed by atoms with Crippen LogP contribution < -0.4 is 5.32 Å². The molecular formula is C17H33N3. The average molecular weight is 279 g/mol. The van der Waals surface area contributed by atoms with Gasteiger partial charge in [0.2, 0.25) is 0 Å². The van der Waals surface area contributed by atoms with Crippen molar-refractivity contribution >= 4 is 0 Å². The number of hydrogen-bond acceptors (Lipinski definition) is 2. The molecule has 0 aliphatic rings. The summed E-state index contributed by atoms with van der Waals surface area (Å²) in [4.78, 5) is 0. The number of rotatable bonds is 9. The van der Waals surface area contributed by atoms with E-state index >= 15 is 0 Å². The van der Waals surface area contributed by atoms with Gasteiger partial charge in [0.25, 0.3) is 0 Å². The molecule has 1 aromatic heterocycles. The third-order valence-corrected chi connectivity index (χ3v) is 4.13. The molecule has 0 aliphatic carbocycles. The minimum absolute atomic E-state index is 0.451. The Morgan fingerprint density at radius 2 is 1.80 bits per heavy atom. The predicted octanol–water partition coefficient (Wildman–Crippen LogP) is 4.43. The van der Waals surface area contributed by atoms with Gasteiger partial charge in [-0.2, -0.15) is 5.10 Å². The molecule has 0 fully saturated rings. The zero-order valence-corrected chi connectivity index (χ0v) is 14.3. The average Bonchev–Trinajstić information content (AvgIpc) is 2.83. The van der Waals surface area contributed by atoms with Crippen LogP contribution in [0.2, 0.25) is 0 Å². The molecule has 1 N–H and O–H groups in total. The monoisotopic (exact) mass is 279 g/mol. The van der Waals surface area contributed by atoms with Crippen molar-refractivity contribution in [3.63, 3.8) is 0 Å². The van der Waals surface area contributed by atoms with Crippen LogP contribution in [0, 0.1) is 0 Å². The van der Waals surface area contributed by atoms with Gasteiger partial charge < -0.3 is 5.32 Å². The van der Waals surface area contributed by atoms with E-state index < -0.39 is 0 Å². The number of nitrogens with one attached hydrogen (secondary N) is 1. The van der Waals surface area contributed by atoms with Gasteiger partial charge in [0.15, 0.2) is 0 Å². The number of hydrogen-bond donors (Lipinski definition) is 1. The van der Waals surface area contributed by atoms with Crippen LogP contribution in [0.1, 0.15) is 89.8 Å². The summed E-state index contributed by atoms with van der Waals surface area (Å²) in [7, 11) is 0. The third kappa shape index (κ3) is 3.63. The minimum Gasteiger partial charge on any atom is -0.310 e. The summed E-state index contributed by atoms with van der Waals surface area (Å²) in [5.74, 6) is 0. The zero-order valence-electron chi connectivity index (χ0n) is 14.3. The lowest BCUT2D eigenvalue weighted by atomic mass is 9.98. The SMILES string of the molecule is CCCC(C)n1nc(CC)c(C(CC)NCC)c1CC. The van der Waals surface area contributed by atoms with Gasteiger partial charge in [0.05, 0.1) is 5.69 Å². The Bertz CT molecular complexity index is 395. The summed E-state index contributed by atoms with van der Waals surface area (Å²) in [5.41, 5.74) is 4.20. The summed E-state index contributed by atoms with van der Waals surface area (Å²) < 4.78 is 2.30. The van der Waals surface area contributed by atoms with Gasteiger partial charge in [-0.25, -0.2) is 0 Å². The Morgan fingerprint density at radius 1 is 1.10 bits per heavy atom. The fourth-order valence-electron chi connectivity index (χ4n) is 3.15. The molecule has 0 aromatic carbocycles. The highest BCUT2D eigenvalue weighted by Crippen LogP contribution is 2.29. The fourth-order valence-corrected chi connectivity index (χ4v) is 3.15. The number of aryl methyl sites for hydroxylation is 1. The lowest BCUT2D eigenvalue weighted by Crippen LogP contribution is -2.22. The quantitative estimate of drug-likeness (QED) is 0.724. The smallest absolute Gasteiger partial charge is 0.0672 e. The molecule has 0 spiro atoms. The molecular weight excluding hydrogens is 246 g/mol. The van der Waals surface area contributed by atoms with Gasteiger partial charge in [0.1, 0.15) is 0 Å². The topological polar surface area (TPSA) is 29.9 Å². The van der Waals surface area contributed by atoms with Crippen molar-refractivity contribution in [2.24, 2.45) is 0 Å². The Morgan fingerprint density at radius 3 is 2.25 bits per heavy atom. The maximum Gasteiger partial charge on any atom is 0.0672 e. The van der Waals surface area contributed by atoms with Gasteiger partial charge >= 0.3 is 0 Å². The van der Waals surface area contributed by atoms with E-state index in [1.807, 2.05) is 0 Å². The van der Waals surface area contributed by atoms with E-state index in [2.05, 4.69) is 51.5 Å². The molecule has 2 unspecified atom stereocenters. The fraction of sp³-hybridized carbons (Fsp3) is 0.824. The molecule has 3 nitrogen and oxygen atoms in total. The van der Waals surface area contributed by atoms with Gasteiger partial charge in [-0.05, 0) is 39.2 Å². The summed E-state index contributed by atoms with van der Waals surface area (Å²) in [5, 5.41) is 8.57. The first-order valence-corrected chi connectivity index (χ1v) is 8.47. The van der Waals surface area contributed by atoms with Crippen molar-refractivity contribution < 1.29 is 0 Å².